The zero-order valence-corrected chi connectivity index (χ0v) is 12.0. The van der Waals surface area contributed by atoms with Gasteiger partial charge in [-0.05, 0) is 42.3 Å². The van der Waals surface area contributed by atoms with E-state index in [0.29, 0.717) is 19.8 Å². The molecule has 4 heteroatoms. The predicted molar refractivity (Wildman–Crippen MR) is 81.0 cm³/mol. The van der Waals surface area contributed by atoms with Gasteiger partial charge in [0.1, 0.15) is 25.6 Å². The van der Waals surface area contributed by atoms with Crippen molar-refractivity contribution in [2.75, 3.05) is 19.8 Å². The highest BCUT2D eigenvalue weighted by molar-refractivity contribution is 5.44. The zero-order chi connectivity index (χ0) is 14.7. The number of ether oxygens (including phenoxy) is 3. The molecule has 0 fully saturated rings. The standard InChI is InChI=1S/C17H19NO3/c1-12-3-2-4-14(9-12)21-11-15(18)13-5-6-16-17(10-13)20-8-7-19-16/h2-6,9-10,15H,7-8,11,18H2,1H3. The molecule has 2 aromatic rings. The first kappa shape index (κ1) is 13.8. The molecule has 2 aromatic carbocycles. The van der Waals surface area contributed by atoms with Crippen LogP contribution in [0.25, 0.3) is 0 Å². The molecule has 0 spiro atoms. The maximum atomic E-state index is 6.19. The molecule has 0 saturated carbocycles. The van der Waals surface area contributed by atoms with Gasteiger partial charge in [-0.15, -0.1) is 0 Å². The van der Waals surface area contributed by atoms with Crippen molar-refractivity contribution in [3.05, 3.63) is 53.6 Å². The van der Waals surface area contributed by atoms with Gasteiger partial charge in [-0.3, -0.25) is 0 Å². The van der Waals surface area contributed by atoms with E-state index in [1.165, 1.54) is 5.56 Å². The maximum Gasteiger partial charge on any atom is 0.161 e. The Morgan fingerprint density at radius 2 is 1.90 bits per heavy atom. The summed E-state index contributed by atoms with van der Waals surface area (Å²) in [5.74, 6) is 2.37. The normalized spacial score (nSPS) is 14.6. The van der Waals surface area contributed by atoms with Crippen molar-refractivity contribution in [2.24, 2.45) is 5.73 Å². The minimum absolute atomic E-state index is 0.207. The van der Waals surface area contributed by atoms with Crippen LogP contribution in [-0.4, -0.2) is 19.8 Å². The van der Waals surface area contributed by atoms with Gasteiger partial charge in [0, 0.05) is 0 Å². The molecule has 1 aliphatic rings. The molecular formula is C17H19NO3. The highest BCUT2D eigenvalue weighted by Crippen LogP contribution is 2.32. The molecule has 2 N–H and O–H groups in total. The Morgan fingerprint density at radius 3 is 2.71 bits per heavy atom. The number of rotatable bonds is 4. The molecular weight excluding hydrogens is 266 g/mol. The fourth-order valence-corrected chi connectivity index (χ4v) is 2.28. The van der Waals surface area contributed by atoms with Gasteiger partial charge in [-0.1, -0.05) is 18.2 Å². The maximum absolute atomic E-state index is 6.19. The molecule has 0 aromatic heterocycles. The van der Waals surface area contributed by atoms with Crippen LogP contribution in [0.1, 0.15) is 17.2 Å². The number of benzene rings is 2. The van der Waals surface area contributed by atoms with E-state index in [2.05, 4.69) is 0 Å². The number of hydrogen-bond donors (Lipinski definition) is 1. The van der Waals surface area contributed by atoms with Gasteiger partial charge in [-0.2, -0.15) is 0 Å². The molecule has 1 atom stereocenters. The molecule has 0 aliphatic carbocycles. The summed E-state index contributed by atoms with van der Waals surface area (Å²) in [7, 11) is 0. The minimum Gasteiger partial charge on any atom is -0.492 e. The van der Waals surface area contributed by atoms with Crippen LogP contribution >= 0.6 is 0 Å². The Bertz CT molecular complexity index is 627. The van der Waals surface area contributed by atoms with Crippen LogP contribution in [-0.2, 0) is 0 Å². The van der Waals surface area contributed by atoms with Crippen molar-refractivity contribution in [3.63, 3.8) is 0 Å². The van der Waals surface area contributed by atoms with E-state index < -0.39 is 0 Å². The topological polar surface area (TPSA) is 53.7 Å². The summed E-state index contributed by atoms with van der Waals surface area (Å²) in [5.41, 5.74) is 8.34. The van der Waals surface area contributed by atoms with Crippen molar-refractivity contribution in [2.45, 2.75) is 13.0 Å². The van der Waals surface area contributed by atoms with E-state index in [1.54, 1.807) is 0 Å². The summed E-state index contributed by atoms with van der Waals surface area (Å²) in [4.78, 5) is 0. The molecule has 0 amide bonds. The summed E-state index contributed by atoms with van der Waals surface area (Å²) in [5, 5.41) is 0. The van der Waals surface area contributed by atoms with E-state index in [1.807, 2.05) is 49.4 Å². The Morgan fingerprint density at radius 1 is 1.10 bits per heavy atom. The minimum atomic E-state index is -0.207. The largest absolute Gasteiger partial charge is 0.492 e. The molecule has 0 saturated heterocycles. The summed E-state index contributed by atoms with van der Waals surface area (Å²) < 4.78 is 16.8. The average molecular weight is 285 g/mol. The van der Waals surface area contributed by atoms with Gasteiger partial charge in [-0.25, -0.2) is 0 Å². The van der Waals surface area contributed by atoms with Gasteiger partial charge < -0.3 is 19.9 Å². The van der Waals surface area contributed by atoms with Crippen LogP contribution < -0.4 is 19.9 Å². The van der Waals surface area contributed by atoms with Gasteiger partial charge in [0.2, 0.25) is 0 Å². The van der Waals surface area contributed by atoms with Crippen LogP contribution in [0.5, 0.6) is 17.2 Å². The van der Waals surface area contributed by atoms with Crippen molar-refractivity contribution in [3.8, 4) is 17.2 Å². The summed E-state index contributed by atoms with van der Waals surface area (Å²) in [6.45, 7) is 3.62. The summed E-state index contributed by atoms with van der Waals surface area (Å²) in [6, 6.07) is 13.5. The Hall–Kier alpha value is -2.20. The first-order chi connectivity index (χ1) is 10.2. The van der Waals surface area contributed by atoms with Crippen LogP contribution in [0, 0.1) is 6.92 Å². The van der Waals surface area contributed by atoms with Crippen LogP contribution in [0.3, 0.4) is 0 Å². The second kappa shape index (κ2) is 6.06. The fraction of sp³-hybridized carbons (Fsp3) is 0.294. The van der Waals surface area contributed by atoms with Gasteiger partial charge >= 0.3 is 0 Å². The number of aryl methyl sites for hydroxylation is 1. The lowest BCUT2D eigenvalue weighted by Gasteiger charge is -2.20. The lowest BCUT2D eigenvalue weighted by Crippen LogP contribution is -2.20. The summed E-state index contributed by atoms with van der Waals surface area (Å²) >= 11 is 0. The van der Waals surface area contributed by atoms with Gasteiger partial charge in [0.05, 0.1) is 6.04 Å². The molecule has 0 bridgehead atoms. The Kier molecular flexibility index (Phi) is 3.97. The van der Waals surface area contributed by atoms with E-state index in [0.717, 1.165) is 22.8 Å². The number of fused-ring (bicyclic) bond motifs is 1. The third-order valence-electron chi connectivity index (χ3n) is 3.41. The zero-order valence-electron chi connectivity index (χ0n) is 12.0. The monoisotopic (exact) mass is 285 g/mol. The van der Waals surface area contributed by atoms with Crippen molar-refractivity contribution in [1.29, 1.82) is 0 Å². The third-order valence-corrected chi connectivity index (χ3v) is 3.41. The second-order valence-corrected chi connectivity index (χ2v) is 5.14. The highest BCUT2D eigenvalue weighted by Gasteiger charge is 2.15. The van der Waals surface area contributed by atoms with Crippen LogP contribution in [0.15, 0.2) is 42.5 Å². The van der Waals surface area contributed by atoms with E-state index in [9.17, 15) is 0 Å². The van der Waals surface area contributed by atoms with E-state index >= 15 is 0 Å². The molecule has 1 heterocycles. The first-order valence-corrected chi connectivity index (χ1v) is 7.07. The van der Waals surface area contributed by atoms with E-state index in [4.69, 9.17) is 19.9 Å². The highest BCUT2D eigenvalue weighted by atomic mass is 16.6. The molecule has 110 valence electrons. The third kappa shape index (κ3) is 3.28. The quantitative estimate of drug-likeness (QED) is 0.938. The second-order valence-electron chi connectivity index (χ2n) is 5.14. The van der Waals surface area contributed by atoms with E-state index in [-0.39, 0.29) is 6.04 Å². The molecule has 4 nitrogen and oxygen atoms in total. The fourth-order valence-electron chi connectivity index (χ4n) is 2.28. The lowest BCUT2D eigenvalue weighted by atomic mass is 10.1. The van der Waals surface area contributed by atoms with Crippen molar-refractivity contribution in [1.82, 2.24) is 0 Å². The number of nitrogens with two attached hydrogens (primary N) is 1. The molecule has 21 heavy (non-hydrogen) atoms. The van der Waals surface area contributed by atoms with Crippen molar-refractivity contribution >= 4 is 0 Å². The smallest absolute Gasteiger partial charge is 0.161 e. The molecule has 0 radical (unpaired) electrons. The van der Waals surface area contributed by atoms with Crippen LogP contribution in [0.4, 0.5) is 0 Å². The molecule has 3 rings (SSSR count). The Labute approximate surface area is 124 Å². The molecule has 1 unspecified atom stereocenters. The van der Waals surface area contributed by atoms with Crippen LogP contribution in [0.2, 0.25) is 0 Å². The lowest BCUT2D eigenvalue weighted by molar-refractivity contribution is 0.171. The predicted octanol–water partition coefficient (Wildman–Crippen LogP) is 2.85. The first-order valence-electron chi connectivity index (χ1n) is 7.07. The Balaban J connectivity index is 1.66. The van der Waals surface area contributed by atoms with Gasteiger partial charge in [0.15, 0.2) is 11.5 Å². The van der Waals surface area contributed by atoms with Crippen molar-refractivity contribution < 1.29 is 14.2 Å². The summed E-state index contributed by atoms with van der Waals surface area (Å²) in [6.07, 6.45) is 0. The van der Waals surface area contributed by atoms with Gasteiger partial charge in [0.25, 0.3) is 0 Å². The average Bonchev–Trinajstić information content (AvgIpc) is 2.52. The number of hydrogen-bond acceptors (Lipinski definition) is 4. The SMILES string of the molecule is Cc1cccc(OCC(N)c2ccc3c(c2)OCCO3)c1. The molecule has 1 aliphatic heterocycles.